The Balaban J connectivity index is 1.54. The summed E-state index contributed by atoms with van der Waals surface area (Å²) in [6, 6.07) is 15.4. The van der Waals surface area contributed by atoms with Crippen LogP contribution in [-0.4, -0.2) is 51.2 Å². The van der Waals surface area contributed by atoms with Gasteiger partial charge >= 0.3 is 11.9 Å². The van der Waals surface area contributed by atoms with Crippen molar-refractivity contribution < 1.29 is 24.2 Å². The summed E-state index contributed by atoms with van der Waals surface area (Å²) in [5.74, 6) is -0.00231. The molecule has 0 bridgehead atoms. The number of ether oxygens (including phenoxy) is 2. The van der Waals surface area contributed by atoms with E-state index in [4.69, 9.17) is 19.6 Å². The second-order valence-electron chi connectivity index (χ2n) is 9.34. The molecule has 4 aromatic rings. The van der Waals surface area contributed by atoms with E-state index >= 15 is 0 Å². The number of carbonyl (C=O) groups is 2. The molecule has 0 fully saturated rings. The number of hydrogen-bond acceptors (Lipinski definition) is 8. The van der Waals surface area contributed by atoms with Crippen LogP contribution in [0.3, 0.4) is 0 Å². The van der Waals surface area contributed by atoms with Crippen LogP contribution in [0.5, 0.6) is 0 Å². The summed E-state index contributed by atoms with van der Waals surface area (Å²) >= 11 is 1.66. The molecule has 0 aliphatic carbocycles. The van der Waals surface area contributed by atoms with Crippen molar-refractivity contribution in [2.24, 2.45) is 4.99 Å². The molecular formula is C29H28N4O5S. The van der Waals surface area contributed by atoms with Crippen molar-refractivity contribution in [2.45, 2.75) is 39.8 Å². The molecule has 0 amide bonds. The maximum absolute atomic E-state index is 12.3. The average Bonchev–Trinajstić information content (AvgIpc) is 3.40. The van der Waals surface area contributed by atoms with E-state index in [9.17, 15) is 9.59 Å². The fourth-order valence-electron chi connectivity index (χ4n) is 4.68. The highest BCUT2D eigenvalue weighted by Gasteiger charge is 2.32. The zero-order valence-corrected chi connectivity index (χ0v) is 22.9. The second-order valence-corrected chi connectivity index (χ2v) is 10.5. The van der Waals surface area contributed by atoms with E-state index < -0.39 is 12.0 Å². The summed E-state index contributed by atoms with van der Waals surface area (Å²) in [6.07, 6.45) is 0.0555. The number of rotatable bonds is 8. The third-order valence-electron chi connectivity index (χ3n) is 6.74. The van der Waals surface area contributed by atoms with Gasteiger partial charge in [-0.25, -0.2) is 4.79 Å². The molecule has 0 radical (unpaired) electrons. The van der Waals surface area contributed by atoms with Gasteiger partial charge in [0.25, 0.3) is 0 Å². The Kier molecular flexibility index (Phi) is 7.40. The van der Waals surface area contributed by atoms with E-state index in [0.717, 1.165) is 49.9 Å². The molecule has 1 aliphatic rings. The number of aliphatic imine (C=N–C) groups is 1. The first-order valence-corrected chi connectivity index (χ1v) is 13.2. The molecule has 39 heavy (non-hydrogen) atoms. The van der Waals surface area contributed by atoms with Gasteiger partial charge in [-0.15, -0.1) is 21.5 Å². The fourth-order valence-corrected chi connectivity index (χ4v) is 5.90. The smallest absolute Gasteiger partial charge is 0.329 e. The Morgan fingerprint density at radius 1 is 1.03 bits per heavy atom. The van der Waals surface area contributed by atoms with Crippen LogP contribution in [0.25, 0.3) is 16.1 Å². The molecule has 1 atom stereocenters. The number of aliphatic carboxylic acids is 1. The van der Waals surface area contributed by atoms with E-state index in [0.29, 0.717) is 5.82 Å². The summed E-state index contributed by atoms with van der Waals surface area (Å²) in [7, 11) is 1.37. The van der Waals surface area contributed by atoms with Gasteiger partial charge in [0.2, 0.25) is 0 Å². The highest BCUT2D eigenvalue weighted by atomic mass is 32.1. The lowest BCUT2D eigenvalue weighted by atomic mass is 9.96. The Morgan fingerprint density at radius 3 is 2.49 bits per heavy atom. The van der Waals surface area contributed by atoms with Gasteiger partial charge in [0.15, 0.2) is 5.82 Å². The molecule has 0 spiro atoms. The number of carboxylic acids is 1. The molecule has 0 saturated carbocycles. The lowest BCUT2D eigenvalue weighted by molar-refractivity contribution is -0.143. The molecule has 0 saturated heterocycles. The number of thiophene rings is 1. The molecule has 2 aromatic carbocycles. The summed E-state index contributed by atoms with van der Waals surface area (Å²) in [4.78, 5) is 29.4. The molecule has 1 aliphatic heterocycles. The predicted molar refractivity (Wildman–Crippen MR) is 148 cm³/mol. The summed E-state index contributed by atoms with van der Waals surface area (Å²) in [5, 5.41) is 18.5. The maximum Gasteiger partial charge on any atom is 0.329 e. The van der Waals surface area contributed by atoms with Gasteiger partial charge in [-0.2, -0.15) is 0 Å². The number of carboxylic acid groups (broad SMARTS) is 1. The highest BCUT2D eigenvalue weighted by molar-refractivity contribution is 7.15. The van der Waals surface area contributed by atoms with E-state index in [1.165, 1.54) is 12.0 Å². The van der Waals surface area contributed by atoms with Crippen LogP contribution in [0.4, 0.5) is 0 Å². The zero-order valence-electron chi connectivity index (χ0n) is 22.1. The zero-order chi connectivity index (χ0) is 27.7. The Hall–Kier alpha value is -4.15. The molecule has 10 heteroatoms. The molecule has 3 heterocycles. The monoisotopic (exact) mass is 544 g/mol. The first-order chi connectivity index (χ1) is 18.8. The van der Waals surface area contributed by atoms with E-state index in [1.807, 2.05) is 60.0 Å². The third-order valence-corrected chi connectivity index (χ3v) is 7.93. The predicted octanol–water partition coefficient (Wildman–Crippen LogP) is 4.98. The topological polar surface area (TPSA) is 116 Å². The Labute approximate surface area is 229 Å². The van der Waals surface area contributed by atoms with Gasteiger partial charge in [-0.05, 0) is 49.1 Å². The number of methoxy groups -OCH3 is 1. The average molecular weight is 545 g/mol. The van der Waals surface area contributed by atoms with Gasteiger partial charge < -0.3 is 14.6 Å². The standard InChI is InChI=1S/C29H28N4O5S/c1-16-17(2)39-29-26(16)27(30-23(13-25(36)37-4)28-32-31-18(3)33(28)29)21-10-8-20(9-11-21)22-7-5-6-19(12-22)14-38-15-24(34)35/h5-12,23H,13-15H2,1-4H3,(H,34,35)/t23-/m0/s1. The Bertz CT molecular complexity index is 1590. The van der Waals surface area contributed by atoms with Crippen LogP contribution in [0.15, 0.2) is 53.5 Å². The molecule has 9 nitrogen and oxygen atoms in total. The van der Waals surface area contributed by atoms with Crippen molar-refractivity contribution in [2.75, 3.05) is 13.7 Å². The van der Waals surface area contributed by atoms with Gasteiger partial charge in [0.05, 0.1) is 25.8 Å². The van der Waals surface area contributed by atoms with Crippen LogP contribution < -0.4 is 0 Å². The second kappa shape index (κ2) is 10.9. The van der Waals surface area contributed by atoms with E-state index in [1.54, 1.807) is 11.3 Å². The van der Waals surface area contributed by atoms with Crippen molar-refractivity contribution >= 4 is 29.0 Å². The van der Waals surface area contributed by atoms with Crippen LogP contribution in [0, 0.1) is 20.8 Å². The number of aryl methyl sites for hydroxylation is 2. The lowest BCUT2D eigenvalue weighted by Gasteiger charge is -2.12. The molecule has 5 rings (SSSR count). The van der Waals surface area contributed by atoms with Crippen LogP contribution in [0.1, 0.15) is 51.2 Å². The molecule has 200 valence electrons. The number of hydrogen-bond donors (Lipinski definition) is 1. The SMILES string of the molecule is COC(=O)C[C@@H]1N=C(c2ccc(-c3cccc(COCC(=O)O)c3)cc2)c2c(sc(C)c2C)-n2c(C)nnc21. The molecular weight excluding hydrogens is 516 g/mol. The number of esters is 1. The minimum Gasteiger partial charge on any atom is -0.480 e. The van der Waals surface area contributed by atoms with Gasteiger partial charge in [0.1, 0.15) is 23.5 Å². The van der Waals surface area contributed by atoms with Crippen molar-refractivity contribution in [1.29, 1.82) is 0 Å². The third kappa shape index (κ3) is 5.25. The van der Waals surface area contributed by atoms with E-state index in [2.05, 4.69) is 24.0 Å². The van der Waals surface area contributed by atoms with Crippen molar-refractivity contribution in [3.05, 3.63) is 87.3 Å². The minimum absolute atomic E-state index is 0.0555. The van der Waals surface area contributed by atoms with E-state index in [-0.39, 0.29) is 25.6 Å². The number of fused-ring (bicyclic) bond motifs is 3. The Morgan fingerprint density at radius 2 is 1.77 bits per heavy atom. The van der Waals surface area contributed by atoms with Crippen LogP contribution >= 0.6 is 11.3 Å². The number of benzene rings is 2. The summed E-state index contributed by atoms with van der Waals surface area (Å²) in [6.45, 7) is 5.97. The minimum atomic E-state index is -0.994. The number of nitrogens with zero attached hydrogens (tertiary/aromatic N) is 4. The quantitative estimate of drug-likeness (QED) is 0.311. The van der Waals surface area contributed by atoms with Gasteiger partial charge in [0, 0.05) is 16.0 Å². The summed E-state index contributed by atoms with van der Waals surface area (Å²) in [5.41, 5.74) is 6.76. The molecule has 0 unspecified atom stereocenters. The van der Waals surface area contributed by atoms with Crippen LogP contribution in [0.2, 0.25) is 0 Å². The summed E-state index contributed by atoms with van der Waals surface area (Å²) < 4.78 is 12.2. The van der Waals surface area contributed by atoms with Crippen molar-refractivity contribution in [3.63, 3.8) is 0 Å². The van der Waals surface area contributed by atoms with Crippen LogP contribution in [-0.2, 0) is 25.7 Å². The lowest BCUT2D eigenvalue weighted by Crippen LogP contribution is -2.12. The molecule has 1 N–H and O–H groups in total. The molecule has 2 aromatic heterocycles. The largest absolute Gasteiger partial charge is 0.480 e. The fraction of sp³-hybridized carbons (Fsp3) is 0.276. The normalized spacial score (nSPS) is 14.3. The first kappa shape index (κ1) is 26.5. The van der Waals surface area contributed by atoms with Gasteiger partial charge in [-0.1, -0.05) is 42.5 Å². The highest BCUT2D eigenvalue weighted by Crippen LogP contribution is 2.39. The van der Waals surface area contributed by atoms with Gasteiger partial charge in [-0.3, -0.25) is 14.4 Å². The van der Waals surface area contributed by atoms with Crippen molar-refractivity contribution in [1.82, 2.24) is 14.8 Å². The van der Waals surface area contributed by atoms with Crippen molar-refractivity contribution in [3.8, 4) is 16.1 Å². The number of aromatic nitrogens is 3. The maximum atomic E-state index is 12.3. The first-order valence-electron chi connectivity index (χ1n) is 12.4. The number of carbonyl (C=O) groups excluding carboxylic acids is 1.